The first kappa shape index (κ1) is 14.7. The average Bonchev–Trinajstić information content (AvgIpc) is 2.28. The highest BCUT2D eigenvalue weighted by atomic mass is 16.5. The first-order valence-corrected chi connectivity index (χ1v) is 6.78. The van der Waals surface area contributed by atoms with Gasteiger partial charge in [-0.05, 0) is 19.3 Å². The zero-order chi connectivity index (χ0) is 13.5. The van der Waals surface area contributed by atoms with Crippen LogP contribution in [0.5, 0.6) is 5.88 Å². The summed E-state index contributed by atoms with van der Waals surface area (Å²) in [5, 5.41) is 3.34. The Hall–Kier alpha value is -1.32. The molecule has 4 nitrogen and oxygen atoms in total. The lowest BCUT2D eigenvalue weighted by Crippen LogP contribution is -2.09. The van der Waals surface area contributed by atoms with E-state index in [0.717, 1.165) is 24.6 Å². The van der Waals surface area contributed by atoms with Crippen molar-refractivity contribution >= 4 is 5.82 Å². The molecule has 0 aliphatic heterocycles. The van der Waals surface area contributed by atoms with E-state index in [9.17, 15) is 0 Å². The van der Waals surface area contributed by atoms with E-state index < -0.39 is 0 Å². The van der Waals surface area contributed by atoms with Crippen LogP contribution in [0.3, 0.4) is 0 Å². The fourth-order valence-corrected chi connectivity index (χ4v) is 1.50. The molecule has 0 spiro atoms. The largest absolute Gasteiger partial charge is 0.478 e. The Morgan fingerprint density at radius 3 is 2.50 bits per heavy atom. The van der Waals surface area contributed by atoms with Crippen molar-refractivity contribution in [3.05, 3.63) is 11.9 Å². The Labute approximate surface area is 110 Å². The standard InChI is InChI=1S/C14H25N3O/c1-6-18-13-9-12(15-8-7-10(2)3)16-14(17-13)11(4)5/h9-11H,6-8H2,1-5H3,(H,15,16,17). The molecule has 0 aromatic carbocycles. The Morgan fingerprint density at radius 2 is 1.94 bits per heavy atom. The van der Waals surface area contributed by atoms with Crippen molar-refractivity contribution in [1.29, 1.82) is 0 Å². The van der Waals surface area contributed by atoms with E-state index in [0.29, 0.717) is 24.3 Å². The highest BCUT2D eigenvalue weighted by Crippen LogP contribution is 2.18. The van der Waals surface area contributed by atoms with Crippen LogP contribution in [0.4, 0.5) is 5.82 Å². The minimum atomic E-state index is 0.302. The normalized spacial score (nSPS) is 11.1. The van der Waals surface area contributed by atoms with Crippen molar-refractivity contribution in [3.8, 4) is 5.88 Å². The Kier molecular flexibility index (Phi) is 5.89. The van der Waals surface area contributed by atoms with Gasteiger partial charge >= 0.3 is 0 Å². The van der Waals surface area contributed by atoms with Crippen LogP contribution < -0.4 is 10.1 Å². The van der Waals surface area contributed by atoms with Crippen LogP contribution in [-0.4, -0.2) is 23.1 Å². The summed E-state index contributed by atoms with van der Waals surface area (Å²) < 4.78 is 5.47. The van der Waals surface area contributed by atoms with Crippen molar-refractivity contribution in [2.45, 2.75) is 47.0 Å². The lowest BCUT2D eigenvalue weighted by molar-refractivity contribution is 0.324. The lowest BCUT2D eigenvalue weighted by atomic mass is 10.1. The molecule has 1 aromatic heterocycles. The summed E-state index contributed by atoms with van der Waals surface area (Å²) in [4.78, 5) is 8.90. The molecule has 1 rings (SSSR count). The molecule has 0 radical (unpaired) electrons. The Morgan fingerprint density at radius 1 is 1.22 bits per heavy atom. The van der Waals surface area contributed by atoms with Crippen LogP contribution in [0.1, 0.15) is 52.8 Å². The molecule has 0 atom stereocenters. The number of hydrogen-bond acceptors (Lipinski definition) is 4. The Bertz CT molecular complexity index is 364. The molecule has 0 saturated carbocycles. The van der Waals surface area contributed by atoms with Gasteiger partial charge in [0.05, 0.1) is 6.61 Å². The van der Waals surface area contributed by atoms with Crippen LogP contribution in [0, 0.1) is 5.92 Å². The van der Waals surface area contributed by atoms with Crippen molar-refractivity contribution < 1.29 is 4.74 Å². The number of aromatic nitrogens is 2. The molecule has 1 aromatic rings. The second-order valence-electron chi connectivity index (χ2n) is 5.15. The van der Waals surface area contributed by atoms with Gasteiger partial charge in [0.15, 0.2) is 0 Å². The molecule has 0 saturated heterocycles. The minimum absolute atomic E-state index is 0.302. The van der Waals surface area contributed by atoms with Gasteiger partial charge in [-0.2, -0.15) is 4.98 Å². The number of ether oxygens (including phenoxy) is 1. The van der Waals surface area contributed by atoms with Gasteiger partial charge in [0.2, 0.25) is 5.88 Å². The van der Waals surface area contributed by atoms with Crippen molar-refractivity contribution in [1.82, 2.24) is 9.97 Å². The summed E-state index contributed by atoms with van der Waals surface area (Å²) in [5.41, 5.74) is 0. The maximum absolute atomic E-state index is 5.47. The van der Waals surface area contributed by atoms with E-state index in [1.807, 2.05) is 13.0 Å². The zero-order valence-corrected chi connectivity index (χ0v) is 12.2. The molecule has 18 heavy (non-hydrogen) atoms. The Balaban J connectivity index is 2.75. The van der Waals surface area contributed by atoms with Crippen LogP contribution >= 0.6 is 0 Å². The number of anilines is 1. The fraction of sp³-hybridized carbons (Fsp3) is 0.714. The first-order valence-electron chi connectivity index (χ1n) is 6.78. The number of rotatable bonds is 7. The van der Waals surface area contributed by atoms with Crippen molar-refractivity contribution in [3.63, 3.8) is 0 Å². The lowest BCUT2D eigenvalue weighted by Gasteiger charge is -2.12. The molecular weight excluding hydrogens is 226 g/mol. The van der Waals surface area contributed by atoms with Gasteiger partial charge in [-0.3, -0.25) is 0 Å². The monoisotopic (exact) mass is 251 g/mol. The second-order valence-corrected chi connectivity index (χ2v) is 5.15. The van der Waals surface area contributed by atoms with Crippen LogP contribution in [0.15, 0.2) is 6.07 Å². The SMILES string of the molecule is CCOc1cc(NCCC(C)C)nc(C(C)C)n1. The van der Waals surface area contributed by atoms with Gasteiger partial charge in [-0.15, -0.1) is 0 Å². The van der Waals surface area contributed by atoms with Crippen molar-refractivity contribution in [2.24, 2.45) is 5.92 Å². The molecule has 102 valence electrons. The number of hydrogen-bond donors (Lipinski definition) is 1. The van der Waals surface area contributed by atoms with Gasteiger partial charge < -0.3 is 10.1 Å². The molecule has 4 heteroatoms. The molecule has 0 unspecified atom stereocenters. The third-order valence-electron chi connectivity index (χ3n) is 2.56. The van der Waals surface area contributed by atoms with E-state index in [-0.39, 0.29) is 0 Å². The smallest absolute Gasteiger partial charge is 0.218 e. The summed E-state index contributed by atoms with van der Waals surface area (Å²) in [7, 11) is 0. The molecular formula is C14H25N3O. The van der Waals surface area contributed by atoms with E-state index >= 15 is 0 Å². The molecule has 1 heterocycles. The molecule has 0 aliphatic rings. The van der Waals surface area contributed by atoms with E-state index in [4.69, 9.17) is 4.74 Å². The second kappa shape index (κ2) is 7.19. The van der Waals surface area contributed by atoms with Gasteiger partial charge in [-0.1, -0.05) is 27.7 Å². The van der Waals surface area contributed by atoms with E-state index in [1.165, 1.54) is 0 Å². The van der Waals surface area contributed by atoms with Gasteiger partial charge in [0.25, 0.3) is 0 Å². The third kappa shape index (κ3) is 4.90. The first-order chi connectivity index (χ1) is 8.52. The van der Waals surface area contributed by atoms with Gasteiger partial charge in [-0.25, -0.2) is 4.98 Å². The predicted molar refractivity (Wildman–Crippen MR) is 75.2 cm³/mol. The highest BCUT2D eigenvalue weighted by molar-refractivity contribution is 5.38. The maximum Gasteiger partial charge on any atom is 0.218 e. The number of nitrogens with zero attached hydrogens (tertiary/aromatic N) is 2. The number of nitrogens with one attached hydrogen (secondary N) is 1. The van der Waals surface area contributed by atoms with Gasteiger partial charge in [0.1, 0.15) is 11.6 Å². The minimum Gasteiger partial charge on any atom is -0.478 e. The maximum atomic E-state index is 5.47. The van der Waals surface area contributed by atoms with E-state index in [2.05, 4.69) is 43.0 Å². The van der Waals surface area contributed by atoms with Crippen LogP contribution in [-0.2, 0) is 0 Å². The molecule has 0 amide bonds. The predicted octanol–water partition coefficient (Wildman–Crippen LogP) is 3.46. The van der Waals surface area contributed by atoms with Crippen molar-refractivity contribution in [2.75, 3.05) is 18.5 Å². The fourth-order valence-electron chi connectivity index (χ4n) is 1.50. The van der Waals surface area contributed by atoms with Crippen LogP contribution in [0.2, 0.25) is 0 Å². The summed E-state index contributed by atoms with van der Waals surface area (Å²) in [6, 6.07) is 1.87. The summed E-state index contributed by atoms with van der Waals surface area (Å²) in [6.45, 7) is 12.1. The summed E-state index contributed by atoms with van der Waals surface area (Å²) >= 11 is 0. The molecule has 1 N–H and O–H groups in total. The molecule has 0 fully saturated rings. The quantitative estimate of drug-likeness (QED) is 0.806. The van der Waals surface area contributed by atoms with E-state index in [1.54, 1.807) is 0 Å². The van der Waals surface area contributed by atoms with Crippen LogP contribution in [0.25, 0.3) is 0 Å². The third-order valence-corrected chi connectivity index (χ3v) is 2.56. The zero-order valence-electron chi connectivity index (χ0n) is 12.2. The van der Waals surface area contributed by atoms with Gasteiger partial charge in [0, 0.05) is 18.5 Å². The summed E-state index contributed by atoms with van der Waals surface area (Å²) in [6.07, 6.45) is 1.13. The molecule has 0 bridgehead atoms. The highest BCUT2D eigenvalue weighted by Gasteiger charge is 2.08. The summed E-state index contributed by atoms with van der Waals surface area (Å²) in [5.74, 6) is 3.33. The molecule has 0 aliphatic carbocycles. The average molecular weight is 251 g/mol. The topological polar surface area (TPSA) is 47.0 Å².